The maximum absolute atomic E-state index is 5.89. The second-order valence-corrected chi connectivity index (χ2v) is 6.19. The average Bonchev–Trinajstić information content (AvgIpc) is 2.87. The maximum atomic E-state index is 5.89. The van der Waals surface area contributed by atoms with Crippen molar-refractivity contribution in [2.24, 2.45) is 0 Å². The van der Waals surface area contributed by atoms with Crippen LogP contribution in [0.2, 0.25) is 0 Å². The fraction of sp³-hybridized carbons (Fsp3) is 0.400. The van der Waals surface area contributed by atoms with E-state index in [-0.39, 0.29) is 0 Å². The van der Waals surface area contributed by atoms with Gasteiger partial charge in [0.25, 0.3) is 0 Å². The Morgan fingerprint density at radius 3 is 2.79 bits per heavy atom. The highest BCUT2D eigenvalue weighted by atomic mass is 32.1. The standard InChI is InChI=1S/C15H19NOS2/c1-11(2)13-5-3-4-6-14(13)17-8-7-15-16-9-12(10-18)19-15/h3-6,9,11,18H,7-8,10H2,1-2H3. The molecule has 19 heavy (non-hydrogen) atoms. The maximum Gasteiger partial charge on any atom is 0.122 e. The van der Waals surface area contributed by atoms with Gasteiger partial charge in [0, 0.05) is 23.2 Å². The van der Waals surface area contributed by atoms with E-state index < -0.39 is 0 Å². The summed E-state index contributed by atoms with van der Waals surface area (Å²) in [6.07, 6.45) is 2.75. The molecule has 0 spiro atoms. The Balaban J connectivity index is 1.92. The van der Waals surface area contributed by atoms with Gasteiger partial charge in [-0.25, -0.2) is 4.98 Å². The lowest BCUT2D eigenvalue weighted by atomic mass is 10.0. The first-order valence-electron chi connectivity index (χ1n) is 6.47. The van der Waals surface area contributed by atoms with Crippen LogP contribution in [0.25, 0.3) is 0 Å². The van der Waals surface area contributed by atoms with Crippen molar-refractivity contribution in [3.05, 3.63) is 45.9 Å². The lowest BCUT2D eigenvalue weighted by Gasteiger charge is -2.13. The minimum absolute atomic E-state index is 0.479. The lowest BCUT2D eigenvalue weighted by molar-refractivity contribution is 0.317. The molecule has 0 saturated carbocycles. The normalized spacial score (nSPS) is 10.9. The molecule has 0 aliphatic rings. The molecular weight excluding hydrogens is 274 g/mol. The number of aromatic nitrogens is 1. The van der Waals surface area contributed by atoms with Gasteiger partial charge in [-0.3, -0.25) is 0 Å². The molecule has 1 aromatic carbocycles. The van der Waals surface area contributed by atoms with Gasteiger partial charge in [0.1, 0.15) is 5.75 Å². The first kappa shape index (κ1) is 14.4. The van der Waals surface area contributed by atoms with E-state index in [1.54, 1.807) is 11.3 Å². The van der Waals surface area contributed by atoms with Gasteiger partial charge in [-0.15, -0.1) is 11.3 Å². The number of para-hydroxylation sites is 1. The van der Waals surface area contributed by atoms with Gasteiger partial charge in [0.15, 0.2) is 0 Å². The van der Waals surface area contributed by atoms with E-state index in [9.17, 15) is 0 Å². The summed E-state index contributed by atoms with van der Waals surface area (Å²) in [6, 6.07) is 8.24. The monoisotopic (exact) mass is 293 g/mol. The average molecular weight is 293 g/mol. The van der Waals surface area contributed by atoms with E-state index >= 15 is 0 Å². The van der Waals surface area contributed by atoms with E-state index in [0.717, 1.165) is 22.9 Å². The van der Waals surface area contributed by atoms with Crippen LogP contribution in [0.4, 0.5) is 0 Å². The largest absolute Gasteiger partial charge is 0.493 e. The number of hydrogen-bond donors (Lipinski definition) is 1. The zero-order valence-corrected chi connectivity index (χ0v) is 13.0. The third kappa shape index (κ3) is 3.98. The van der Waals surface area contributed by atoms with Gasteiger partial charge in [-0.1, -0.05) is 32.0 Å². The Morgan fingerprint density at radius 2 is 2.11 bits per heavy atom. The number of thiazole rings is 1. The van der Waals surface area contributed by atoms with Crippen molar-refractivity contribution >= 4 is 24.0 Å². The summed E-state index contributed by atoms with van der Waals surface area (Å²) in [5.74, 6) is 2.23. The fourth-order valence-corrected chi connectivity index (χ4v) is 2.91. The van der Waals surface area contributed by atoms with Crippen LogP contribution < -0.4 is 4.74 Å². The zero-order valence-electron chi connectivity index (χ0n) is 11.3. The molecule has 0 atom stereocenters. The molecule has 102 valence electrons. The SMILES string of the molecule is CC(C)c1ccccc1OCCc1ncc(CS)s1. The molecular formula is C15H19NOS2. The molecule has 2 rings (SSSR count). The van der Waals surface area contributed by atoms with Crippen molar-refractivity contribution in [2.75, 3.05) is 6.61 Å². The van der Waals surface area contributed by atoms with Gasteiger partial charge < -0.3 is 4.74 Å². The third-order valence-electron chi connectivity index (χ3n) is 2.87. The van der Waals surface area contributed by atoms with Crippen LogP contribution in [0.3, 0.4) is 0 Å². The molecule has 2 aromatic rings. The lowest BCUT2D eigenvalue weighted by Crippen LogP contribution is -2.03. The third-order valence-corrected chi connectivity index (χ3v) is 4.48. The van der Waals surface area contributed by atoms with E-state index in [1.165, 1.54) is 10.4 Å². The fourth-order valence-electron chi connectivity index (χ4n) is 1.87. The topological polar surface area (TPSA) is 22.1 Å². The van der Waals surface area contributed by atoms with Crippen LogP contribution in [0.5, 0.6) is 5.75 Å². The molecule has 2 nitrogen and oxygen atoms in total. The van der Waals surface area contributed by atoms with E-state index in [1.807, 2.05) is 18.3 Å². The number of ether oxygens (including phenoxy) is 1. The summed E-state index contributed by atoms with van der Waals surface area (Å²) in [6.45, 7) is 5.03. The molecule has 0 radical (unpaired) electrons. The van der Waals surface area contributed by atoms with Crippen molar-refractivity contribution in [1.82, 2.24) is 4.98 Å². The van der Waals surface area contributed by atoms with E-state index in [0.29, 0.717) is 12.5 Å². The van der Waals surface area contributed by atoms with Gasteiger partial charge in [0.05, 0.1) is 11.6 Å². The number of rotatable bonds is 6. The van der Waals surface area contributed by atoms with Crippen molar-refractivity contribution < 1.29 is 4.74 Å². The van der Waals surface area contributed by atoms with E-state index in [2.05, 4.69) is 43.6 Å². The molecule has 0 saturated heterocycles. The highest BCUT2D eigenvalue weighted by Gasteiger charge is 2.07. The van der Waals surface area contributed by atoms with Gasteiger partial charge in [0.2, 0.25) is 0 Å². The van der Waals surface area contributed by atoms with E-state index in [4.69, 9.17) is 4.74 Å². The molecule has 0 amide bonds. The van der Waals surface area contributed by atoms with Crippen molar-refractivity contribution in [3.63, 3.8) is 0 Å². The van der Waals surface area contributed by atoms with Crippen molar-refractivity contribution in [3.8, 4) is 5.75 Å². The summed E-state index contributed by atoms with van der Waals surface area (Å²) in [5, 5.41) is 1.12. The first-order valence-corrected chi connectivity index (χ1v) is 7.91. The molecule has 0 unspecified atom stereocenters. The predicted octanol–water partition coefficient (Wildman–Crippen LogP) is 4.32. The highest BCUT2D eigenvalue weighted by Crippen LogP contribution is 2.26. The zero-order chi connectivity index (χ0) is 13.7. The Morgan fingerprint density at radius 1 is 1.32 bits per heavy atom. The van der Waals surface area contributed by atoms with Crippen LogP contribution in [-0.2, 0) is 12.2 Å². The number of thiol groups is 1. The number of hydrogen-bond acceptors (Lipinski definition) is 4. The molecule has 1 aromatic heterocycles. The molecule has 1 heterocycles. The van der Waals surface area contributed by atoms with Gasteiger partial charge >= 0.3 is 0 Å². The molecule has 0 aliphatic heterocycles. The molecule has 0 aliphatic carbocycles. The summed E-state index contributed by atoms with van der Waals surface area (Å²) < 4.78 is 5.89. The summed E-state index contributed by atoms with van der Waals surface area (Å²) in [4.78, 5) is 5.57. The Labute approximate surface area is 124 Å². The van der Waals surface area contributed by atoms with Crippen LogP contribution in [0, 0.1) is 0 Å². The van der Waals surface area contributed by atoms with Crippen LogP contribution in [0.15, 0.2) is 30.5 Å². The quantitative estimate of drug-likeness (QED) is 0.801. The number of nitrogens with zero attached hydrogens (tertiary/aromatic N) is 1. The van der Waals surface area contributed by atoms with Crippen LogP contribution >= 0.6 is 24.0 Å². The van der Waals surface area contributed by atoms with Gasteiger partial charge in [-0.05, 0) is 17.5 Å². The second kappa shape index (κ2) is 6.96. The number of benzene rings is 1. The van der Waals surface area contributed by atoms with Crippen molar-refractivity contribution in [2.45, 2.75) is 31.9 Å². The summed E-state index contributed by atoms with van der Waals surface area (Å²) >= 11 is 5.96. The van der Waals surface area contributed by atoms with Crippen molar-refractivity contribution in [1.29, 1.82) is 0 Å². The summed E-state index contributed by atoms with van der Waals surface area (Å²) in [5.41, 5.74) is 1.26. The minimum atomic E-state index is 0.479. The summed E-state index contributed by atoms with van der Waals surface area (Å²) in [7, 11) is 0. The molecule has 0 N–H and O–H groups in total. The molecule has 0 bridgehead atoms. The second-order valence-electron chi connectivity index (χ2n) is 4.67. The highest BCUT2D eigenvalue weighted by molar-refractivity contribution is 7.79. The smallest absolute Gasteiger partial charge is 0.122 e. The van der Waals surface area contributed by atoms with Crippen LogP contribution in [0.1, 0.15) is 35.2 Å². The molecule has 4 heteroatoms. The Kier molecular flexibility index (Phi) is 5.28. The van der Waals surface area contributed by atoms with Crippen LogP contribution in [-0.4, -0.2) is 11.6 Å². The minimum Gasteiger partial charge on any atom is -0.493 e. The first-order chi connectivity index (χ1) is 9.20. The Bertz CT molecular complexity index is 522. The Hall–Kier alpha value is -1.000. The van der Waals surface area contributed by atoms with Gasteiger partial charge in [-0.2, -0.15) is 12.6 Å². The molecule has 0 fully saturated rings. The predicted molar refractivity (Wildman–Crippen MR) is 84.5 cm³/mol.